The van der Waals surface area contributed by atoms with E-state index in [1.807, 2.05) is 24.3 Å². The number of alkyl halides is 1. The maximum atomic E-state index is 5.96. The number of rotatable bonds is 5. The Balaban J connectivity index is 1.87. The van der Waals surface area contributed by atoms with E-state index in [0.717, 1.165) is 24.3 Å². The van der Waals surface area contributed by atoms with Crippen molar-refractivity contribution in [3.05, 3.63) is 29.8 Å². The minimum Gasteiger partial charge on any atom is -0.492 e. The van der Waals surface area contributed by atoms with Crippen molar-refractivity contribution in [2.45, 2.75) is 38.1 Å². The van der Waals surface area contributed by atoms with Crippen molar-refractivity contribution < 1.29 is 4.74 Å². The van der Waals surface area contributed by atoms with Gasteiger partial charge in [-0.3, -0.25) is 0 Å². The quantitative estimate of drug-likeness (QED) is 0.604. The summed E-state index contributed by atoms with van der Waals surface area (Å²) < 4.78 is 5.96. The first-order valence-corrected chi connectivity index (χ1v) is 8.31. The molecule has 1 fully saturated rings. The molecule has 0 bridgehead atoms. The molecule has 3 heteroatoms. The molecule has 2 rings (SSSR count). The van der Waals surface area contributed by atoms with Gasteiger partial charge < -0.3 is 9.64 Å². The molecular formula is C18H24ClNO. The number of piperidine rings is 1. The van der Waals surface area contributed by atoms with E-state index in [1.54, 1.807) is 0 Å². The van der Waals surface area contributed by atoms with Crippen LogP contribution in [0.4, 0.5) is 0 Å². The number of nitrogens with zero attached hydrogens (tertiary/aromatic N) is 1. The summed E-state index contributed by atoms with van der Waals surface area (Å²) in [4.78, 5) is 2.46. The molecule has 1 aliphatic heterocycles. The summed E-state index contributed by atoms with van der Waals surface area (Å²) in [5.74, 6) is 7.67. The number of benzene rings is 1. The number of hydrogen-bond donors (Lipinski definition) is 0. The van der Waals surface area contributed by atoms with Gasteiger partial charge in [0, 0.05) is 18.3 Å². The molecule has 2 nitrogen and oxygen atoms in total. The van der Waals surface area contributed by atoms with Crippen LogP contribution in [-0.4, -0.2) is 37.0 Å². The number of likely N-dealkylation sites (tertiary alicyclic amines) is 1. The van der Waals surface area contributed by atoms with Gasteiger partial charge in [0.05, 0.1) is 12.2 Å². The highest BCUT2D eigenvalue weighted by Crippen LogP contribution is 2.20. The smallest absolute Gasteiger partial charge is 0.134 e. The third-order valence-electron chi connectivity index (χ3n) is 3.96. The molecular weight excluding hydrogens is 282 g/mol. The van der Waals surface area contributed by atoms with E-state index in [-0.39, 0.29) is 0 Å². The zero-order chi connectivity index (χ0) is 14.9. The Bertz CT molecular complexity index is 491. The predicted molar refractivity (Wildman–Crippen MR) is 89.0 cm³/mol. The van der Waals surface area contributed by atoms with Crippen molar-refractivity contribution in [3.8, 4) is 17.6 Å². The Hall–Kier alpha value is -1.17. The second kappa shape index (κ2) is 8.97. The molecule has 0 aliphatic carbocycles. The van der Waals surface area contributed by atoms with Gasteiger partial charge in [0.2, 0.25) is 0 Å². The molecule has 0 spiro atoms. The van der Waals surface area contributed by atoms with E-state index in [2.05, 4.69) is 23.8 Å². The van der Waals surface area contributed by atoms with Gasteiger partial charge in [0.15, 0.2) is 0 Å². The lowest BCUT2D eigenvalue weighted by Gasteiger charge is -2.32. The Kier molecular flexibility index (Phi) is 6.92. The fraction of sp³-hybridized carbons (Fsp3) is 0.556. The van der Waals surface area contributed by atoms with Gasteiger partial charge in [-0.05, 0) is 45.0 Å². The van der Waals surface area contributed by atoms with Gasteiger partial charge in [-0.2, -0.15) is 0 Å². The third kappa shape index (κ3) is 5.26. The fourth-order valence-corrected chi connectivity index (χ4v) is 2.81. The average Bonchev–Trinajstić information content (AvgIpc) is 2.51. The summed E-state index contributed by atoms with van der Waals surface area (Å²) in [5.41, 5.74) is 0.958. The zero-order valence-corrected chi connectivity index (χ0v) is 13.5. The average molecular weight is 306 g/mol. The minimum absolute atomic E-state index is 0.573. The van der Waals surface area contributed by atoms with E-state index in [0.29, 0.717) is 18.3 Å². The van der Waals surface area contributed by atoms with E-state index < -0.39 is 0 Å². The van der Waals surface area contributed by atoms with Crippen LogP contribution >= 0.6 is 11.6 Å². The monoisotopic (exact) mass is 305 g/mol. The van der Waals surface area contributed by atoms with Crippen LogP contribution in [0.25, 0.3) is 0 Å². The Labute approximate surface area is 133 Å². The Morgan fingerprint density at radius 2 is 2.19 bits per heavy atom. The lowest BCUT2D eigenvalue weighted by Crippen LogP contribution is -2.37. The lowest BCUT2D eigenvalue weighted by atomic mass is 10.0. The highest BCUT2D eigenvalue weighted by molar-refractivity contribution is 6.18. The predicted octanol–water partition coefficient (Wildman–Crippen LogP) is 3.92. The summed E-state index contributed by atoms with van der Waals surface area (Å²) in [7, 11) is 2.22. The normalized spacial score (nSPS) is 18.9. The van der Waals surface area contributed by atoms with Crippen LogP contribution in [0.15, 0.2) is 24.3 Å². The van der Waals surface area contributed by atoms with Gasteiger partial charge in [-0.25, -0.2) is 0 Å². The number of ether oxygens (including phenoxy) is 1. The molecule has 1 unspecified atom stereocenters. The van der Waals surface area contributed by atoms with Crippen molar-refractivity contribution in [1.82, 2.24) is 4.90 Å². The molecule has 0 N–H and O–H groups in total. The molecule has 21 heavy (non-hydrogen) atoms. The Morgan fingerprint density at radius 3 is 3.00 bits per heavy atom. The Morgan fingerprint density at radius 1 is 1.33 bits per heavy atom. The summed E-state index contributed by atoms with van der Waals surface area (Å²) >= 11 is 5.65. The van der Waals surface area contributed by atoms with E-state index in [4.69, 9.17) is 16.3 Å². The van der Waals surface area contributed by atoms with Crippen LogP contribution in [-0.2, 0) is 0 Å². The van der Waals surface area contributed by atoms with Crippen molar-refractivity contribution in [1.29, 1.82) is 0 Å². The minimum atomic E-state index is 0.573. The molecule has 1 saturated heterocycles. The molecule has 1 aromatic carbocycles. The van der Waals surface area contributed by atoms with Crippen molar-refractivity contribution >= 4 is 11.6 Å². The van der Waals surface area contributed by atoms with Crippen LogP contribution in [0.3, 0.4) is 0 Å². The second-order valence-electron chi connectivity index (χ2n) is 5.50. The SMILES string of the molecule is CN1CCCCC1CCOc1ccccc1C#CCCCl. The van der Waals surface area contributed by atoms with Gasteiger partial charge in [-0.1, -0.05) is 30.4 Å². The molecule has 114 valence electrons. The third-order valence-corrected chi connectivity index (χ3v) is 4.15. The van der Waals surface area contributed by atoms with Crippen LogP contribution in [0.1, 0.15) is 37.7 Å². The van der Waals surface area contributed by atoms with Crippen molar-refractivity contribution in [2.24, 2.45) is 0 Å². The fourth-order valence-electron chi connectivity index (χ4n) is 2.71. The summed E-state index contributed by atoms with van der Waals surface area (Å²) in [6.45, 7) is 1.97. The molecule has 1 atom stereocenters. The molecule has 1 aromatic rings. The van der Waals surface area contributed by atoms with Gasteiger partial charge in [0.1, 0.15) is 5.75 Å². The van der Waals surface area contributed by atoms with E-state index >= 15 is 0 Å². The number of hydrogen-bond acceptors (Lipinski definition) is 2. The number of para-hydroxylation sites is 1. The molecule has 0 aromatic heterocycles. The first-order valence-electron chi connectivity index (χ1n) is 7.78. The lowest BCUT2D eigenvalue weighted by molar-refractivity contribution is 0.153. The summed E-state index contributed by atoms with van der Waals surface area (Å²) in [5, 5.41) is 0. The highest BCUT2D eigenvalue weighted by Gasteiger charge is 2.18. The first-order chi connectivity index (χ1) is 10.3. The zero-order valence-electron chi connectivity index (χ0n) is 12.8. The molecule has 0 radical (unpaired) electrons. The molecule has 1 heterocycles. The second-order valence-corrected chi connectivity index (χ2v) is 5.88. The van der Waals surface area contributed by atoms with E-state index in [1.165, 1.54) is 25.8 Å². The molecule has 1 aliphatic rings. The largest absolute Gasteiger partial charge is 0.492 e. The maximum Gasteiger partial charge on any atom is 0.134 e. The van der Waals surface area contributed by atoms with Crippen molar-refractivity contribution in [3.63, 3.8) is 0 Å². The maximum absolute atomic E-state index is 5.96. The summed E-state index contributed by atoms with van der Waals surface area (Å²) in [6.07, 6.45) is 5.75. The van der Waals surface area contributed by atoms with Crippen LogP contribution in [0, 0.1) is 11.8 Å². The van der Waals surface area contributed by atoms with E-state index in [9.17, 15) is 0 Å². The highest BCUT2D eigenvalue weighted by atomic mass is 35.5. The van der Waals surface area contributed by atoms with Crippen LogP contribution in [0.2, 0.25) is 0 Å². The number of halogens is 1. The van der Waals surface area contributed by atoms with Crippen LogP contribution in [0.5, 0.6) is 5.75 Å². The van der Waals surface area contributed by atoms with Gasteiger partial charge in [0.25, 0.3) is 0 Å². The van der Waals surface area contributed by atoms with Crippen LogP contribution < -0.4 is 4.74 Å². The topological polar surface area (TPSA) is 12.5 Å². The van der Waals surface area contributed by atoms with Gasteiger partial charge in [-0.15, -0.1) is 11.6 Å². The first kappa shape index (κ1) is 16.2. The molecule has 0 saturated carbocycles. The van der Waals surface area contributed by atoms with Gasteiger partial charge >= 0.3 is 0 Å². The molecule has 0 amide bonds. The summed E-state index contributed by atoms with van der Waals surface area (Å²) in [6, 6.07) is 8.65. The van der Waals surface area contributed by atoms with Crippen molar-refractivity contribution in [2.75, 3.05) is 26.1 Å². The standard InChI is InChI=1S/C18H24ClNO/c1-20-14-7-5-10-17(20)12-15-21-18-11-3-2-8-16(18)9-4-6-13-19/h2-3,8,11,17H,5-7,10,12-15H2,1H3.